The molecule has 3 N–H and O–H groups in total. The van der Waals surface area contributed by atoms with Crippen LogP contribution in [-0.4, -0.2) is 16.4 Å². The SMILES string of the molecule is O=P([O-])([O-])[O-].O=P([O-])([O-])[O-].O=P([O-])([O-])[O-].[Fe+3].[Fe+3].[Fe+3].[Fe+3].[OH-].[OH-].[OH-]. The summed E-state index contributed by atoms with van der Waals surface area (Å²) in [5, 5.41) is 0. The Morgan fingerprint density at radius 2 is 0.364 bits per heavy atom. The van der Waals surface area contributed by atoms with E-state index in [0.29, 0.717) is 0 Å². The van der Waals surface area contributed by atoms with Crippen LogP contribution in [0.2, 0.25) is 0 Å². The predicted molar refractivity (Wildman–Crippen MR) is 28.6 cm³/mol. The van der Waals surface area contributed by atoms with Gasteiger partial charge in [-0.3, -0.25) is 0 Å². The molecule has 0 aromatic heterocycles. The van der Waals surface area contributed by atoms with Crippen molar-refractivity contribution < 1.29 is 142 Å². The molecule has 0 aliphatic rings. The summed E-state index contributed by atoms with van der Waals surface area (Å²) in [4.78, 5) is 76.9. The Hall–Kier alpha value is 2.29. The molecular formula is H3Fe4O15P3. The molecule has 15 nitrogen and oxygen atoms in total. The molecule has 0 saturated carbocycles. The smallest absolute Gasteiger partial charge is 0.870 e. The topological polar surface area (TPSA) is 349 Å². The molecule has 0 aliphatic carbocycles. The standard InChI is InChI=1S/4Fe.3H3O4P.3H2O/c;;;;3*1-5(2,3)4;;;/h;;;;3*(H3,1,2,3,4);3*1H2/q4*+3;;;;;;/p-12. The third kappa shape index (κ3) is 1930. The van der Waals surface area contributed by atoms with Crippen molar-refractivity contribution >= 4 is 23.5 Å². The maximum atomic E-state index is 8.55. The van der Waals surface area contributed by atoms with Crippen LogP contribution in [0.1, 0.15) is 0 Å². The minimum Gasteiger partial charge on any atom is -0.870 e. The quantitative estimate of drug-likeness (QED) is 0.196. The molecular weight excluding hydrogens is 556 g/mol. The predicted octanol–water partition coefficient (Wildman–Crippen LogP) is -9.01. The van der Waals surface area contributed by atoms with E-state index in [1.165, 1.54) is 0 Å². The molecule has 0 bridgehead atoms. The summed E-state index contributed by atoms with van der Waals surface area (Å²) in [7, 11) is -16.2. The minimum absolute atomic E-state index is 0. The number of hydrogen-bond donors (Lipinski definition) is 0. The van der Waals surface area contributed by atoms with Gasteiger partial charge in [0.1, 0.15) is 0 Å². The number of hydrogen-bond acceptors (Lipinski definition) is 15. The summed E-state index contributed by atoms with van der Waals surface area (Å²) in [6.45, 7) is 0. The van der Waals surface area contributed by atoms with E-state index in [0.717, 1.165) is 0 Å². The van der Waals surface area contributed by atoms with E-state index in [1.54, 1.807) is 0 Å². The maximum Gasteiger partial charge on any atom is 3.00 e. The number of rotatable bonds is 0. The van der Waals surface area contributed by atoms with Gasteiger partial charge in [-0.1, -0.05) is 0 Å². The van der Waals surface area contributed by atoms with Gasteiger partial charge in [-0.15, -0.1) is 0 Å². The van der Waals surface area contributed by atoms with Gasteiger partial charge in [0.2, 0.25) is 0 Å². The van der Waals surface area contributed by atoms with Crippen LogP contribution in [0, 0.1) is 0 Å². The first kappa shape index (κ1) is 64.5. The van der Waals surface area contributed by atoms with Crippen molar-refractivity contribution in [2.24, 2.45) is 0 Å². The van der Waals surface area contributed by atoms with Gasteiger partial charge in [0, 0.05) is 0 Å². The molecule has 0 rings (SSSR count). The van der Waals surface area contributed by atoms with Crippen LogP contribution in [0.4, 0.5) is 0 Å². The van der Waals surface area contributed by atoms with Gasteiger partial charge in [0.15, 0.2) is 0 Å². The van der Waals surface area contributed by atoms with Crippen LogP contribution in [0.15, 0.2) is 0 Å². The fourth-order valence-electron chi connectivity index (χ4n) is 0. The summed E-state index contributed by atoms with van der Waals surface area (Å²) in [6, 6.07) is 0. The number of phosphoric acid groups is 3. The molecule has 0 aromatic rings. The van der Waals surface area contributed by atoms with E-state index in [4.69, 9.17) is 57.7 Å². The van der Waals surface area contributed by atoms with Crippen molar-refractivity contribution in [2.75, 3.05) is 0 Å². The van der Waals surface area contributed by atoms with Crippen molar-refractivity contribution in [1.82, 2.24) is 0 Å². The van der Waals surface area contributed by atoms with Gasteiger partial charge in [-0.05, 0) is 0 Å². The molecule has 0 spiro atoms. The first-order valence-electron chi connectivity index (χ1n) is 2.19. The Morgan fingerprint density at radius 3 is 0.364 bits per heavy atom. The second-order valence-electron chi connectivity index (χ2n) is 1.34. The van der Waals surface area contributed by atoms with E-state index in [1.807, 2.05) is 0 Å². The first-order chi connectivity index (χ1) is 6.00. The minimum atomic E-state index is -5.39. The Morgan fingerprint density at radius 1 is 0.364 bits per heavy atom. The molecule has 0 amide bonds. The molecule has 0 aromatic carbocycles. The van der Waals surface area contributed by atoms with E-state index < -0.39 is 23.5 Å². The van der Waals surface area contributed by atoms with Gasteiger partial charge >= 0.3 is 68.3 Å². The van der Waals surface area contributed by atoms with Gasteiger partial charge < -0.3 is 74.2 Å². The average Bonchev–Trinajstić information content (AvgIpc) is 1.41. The second kappa shape index (κ2) is 28.1. The first-order valence-corrected chi connectivity index (χ1v) is 6.57. The molecule has 22 heavy (non-hydrogen) atoms. The van der Waals surface area contributed by atoms with Gasteiger partial charge in [0.25, 0.3) is 0 Å². The van der Waals surface area contributed by atoms with Crippen LogP contribution >= 0.6 is 23.5 Å². The van der Waals surface area contributed by atoms with E-state index in [9.17, 15) is 0 Å². The van der Waals surface area contributed by atoms with Crippen LogP contribution in [0.3, 0.4) is 0 Å². The van der Waals surface area contributed by atoms with Crippen molar-refractivity contribution in [1.29, 1.82) is 0 Å². The fraction of sp³-hybridized carbons (Fsp3) is 0. The molecule has 0 aliphatic heterocycles. The Bertz CT molecular complexity index is 213. The van der Waals surface area contributed by atoms with Crippen LogP contribution in [-0.2, 0) is 82.0 Å². The summed E-state index contributed by atoms with van der Waals surface area (Å²) < 4.78 is 25.6. The molecule has 4 radical (unpaired) electrons. The van der Waals surface area contributed by atoms with Crippen molar-refractivity contribution in [2.45, 2.75) is 0 Å². The van der Waals surface area contributed by atoms with Crippen LogP contribution < -0.4 is 44.0 Å². The maximum absolute atomic E-state index is 8.55. The monoisotopic (exact) mass is 560 g/mol. The average molecular weight is 559 g/mol. The third-order valence-electron chi connectivity index (χ3n) is 0. The zero-order chi connectivity index (χ0) is 13.5. The molecule has 0 saturated heterocycles. The normalized spacial score (nSPS) is 8.05. The van der Waals surface area contributed by atoms with Crippen molar-refractivity contribution in [3.63, 3.8) is 0 Å². The van der Waals surface area contributed by atoms with Gasteiger partial charge in [-0.25, -0.2) is 0 Å². The molecule has 0 unspecified atom stereocenters. The van der Waals surface area contributed by atoms with E-state index >= 15 is 0 Å². The summed E-state index contributed by atoms with van der Waals surface area (Å²) in [5.74, 6) is 0. The van der Waals surface area contributed by atoms with Gasteiger partial charge in [-0.2, -0.15) is 23.5 Å². The Labute approximate surface area is 165 Å². The van der Waals surface area contributed by atoms with Crippen LogP contribution in [0.5, 0.6) is 0 Å². The molecule has 0 fully saturated rings. The fourth-order valence-corrected chi connectivity index (χ4v) is 0. The molecule has 0 heterocycles. The zero-order valence-corrected chi connectivity index (χ0v) is 16.1. The summed E-state index contributed by atoms with van der Waals surface area (Å²) in [5.41, 5.74) is 0. The third-order valence-corrected chi connectivity index (χ3v) is 0. The molecule has 22 heteroatoms. The molecule has 140 valence electrons. The Balaban J connectivity index is -0.0000000106. The largest absolute Gasteiger partial charge is 3.00 e. The van der Waals surface area contributed by atoms with E-state index in [2.05, 4.69) is 0 Å². The second-order valence-corrected chi connectivity index (χ2v) is 4.02. The summed E-state index contributed by atoms with van der Waals surface area (Å²) in [6.07, 6.45) is 0. The Kier molecular flexibility index (Phi) is 82.4. The molecule has 0 atom stereocenters. The van der Waals surface area contributed by atoms with Crippen molar-refractivity contribution in [3.8, 4) is 0 Å². The summed E-state index contributed by atoms with van der Waals surface area (Å²) >= 11 is 0. The van der Waals surface area contributed by atoms with E-state index in [-0.39, 0.29) is 84.7 Å². The van der Waals surface area contributed by atoms with Gasteiger partial charge in [0.05, 0.1) is 0 Å². The van der Waals surface area contributed by atoms with Crippen molar-refractivity contribution in [3.05, 3.63) is 0 Å². The zero-order valence-electron chi connectivity index (χ0n) is 9.00. The van der Waals surface area contributed by atoms with Crippen LogP contribution in [0.25, 0.3) is 0 Å².